The highest BCUT2D eigenvalue weighted by atomic mass is 79.9. The van der Waals surface area contributed by atoms with Gasteiger partial charge in [0.1, 0.15) is 17.1 Å². The zero-order valence-electron chi connectivity index (χ0n) is 20.1. The van der Waals surface area contributed by atoms with Crippen molar-refractivity contribution in [3.63, 3.8) is 0 Å². The molecule has 0 N–H and O–H groups in total. The lowest BCUT2D eigenvalue weighted by atomic mass is 9.95. The number of ether oxygens (including phenoxy) is 2. The maximum absolute atomic E-state index is 13.0. The number of hydrogen-bond acceptors (Lipinski definition) is 7. The molecule has 7 nitrogen and oxygen atoms in total. The van der Waals surface area contributed by atoms with E-state index in [-0.39, 0.29) is 11.7 Å². The summed E-state index contributed by atoms with van der Waals surface area (Å²) in [6, 6.07) is 13.3. The number of aromatic nitrogens is 1. The van der Waals surface area contributed by atoms with Gasteiger partial charge in [-0.15, -0.1) is 16.4 Å². The van der Waals surface area contributed by atoms with E-state index in [2.05, 4.69) is 30.7 Å². The molecule has 1 aliphatic carbocycles. The predicted octanol–water partition coefficient (Wildman–Crippen LogP) is 6.54. The Labute approximate surface area is 220 Å². The topological polar surface area (TPSA) is 78.3 Å². The third kappa shape index (κ3) is 5.03. The van der Waals surface area contributed by atoms with Gasteiger partial charge in [0, 0.05) is 26.8 Å². The van der Waals surface area contributed by atoms with Gasteiger partial charge < -0.3 is 18.5 Å². The molecule has 0 bridgehead atoms. The number of fused-ring (bicyclic) bond motifs is 1. The van der Waals surface area contributed by atoms with Crippen LogP contribution >= 0.6 is 27.3 Å². The van der Waals surface area contributed by atoms with E-state index in [1.165, 1.54) is 17.8 Å². The SMILES string of the molecule is COc1ccc(OC)c(/C=N/N=c2\scc(-c3cc4cc(Br)ccc4oc3=O)n2C2CCCCC2)c1. The van der Waals surface area contributed by atoms with Crippen LogP contribution in [0.5, 0.6) is 11.5 Å². The molecule has 1 fully saturated rings. The summed E-state index contributed by atoms with van der Waals surface area (Å²) in [4.78, 5) is 13.8. The van der Waals surface area contributed by atoms with Crippen molar-refractivity contribution in [2.45, 2.75) is 38.1 Å². The Bertz CT molecular complexity index is 1550. The first-order valence-corrected chi connectivity index (χ1v) is 13.5. The lowest BCUT2D eigenvalue weighted by Gasteiger charge is -2.25. The molecular formula is C27H26BrN3O4S. The molecule has 0 amide bonds. The van der Waals surface area contributed by atoms with Crippen molar-refractivity contribution in [3.05, 3.63) is 73.1 Å². The van der Waals surface area contributed by atoms with E-state index in [4.69, 9.17) is 13.9 Å². The first kappa shape index (κ1) is 24.5. The second kappa shape index (κ2) is 10.8. The van der Waals surface area contributed by atoms with Crippen LogP contribution in [0.1, 0.15) is 43.7 Å². The normalized spacial score (nSPS) is 15.1. The smallest absolute Gasteiger partial charge is 0.345 e. The maximum atomic E-state index is 13.0. The summed E-state index contributed by atoms with van der Waals surface area (Å²) in [6.45, 7) is 0. The molecule has 186 valence electrons. The third-order valence-electron chi connectivity index (χ3n) is 6.43. The summed E-state index contributed by atoms with van der Waals surface area (Å²) < 4.78 is 19.5. The molecule has 0 radical (unpaired) electrons. The average Bonchev–Trinajstić information content (AvgIpc) is 3.32. The second-order valence-corrected chi connectivity index (χ2v) is 10.4. The highest BCUT2D eigenvalue weighted by Crippen LogP contribution is 2.32. The zero-order chi connectivity index (χ0) is 25.1. The van der Waals surface area contributed by atoms with Crippen molar-refractivity contribution >= 4 is 44.5 Å². The zero-order valence-corrected chi connectivity index (χ0v) is 22.5. The molecule has 0 unspecified atom stereocenters. The minimum Gasteiger partial charge on any atom is -0.497 e. The number of benzene rings is 2. The summed E-state index contributed by atoms with van der Waals surface area (Å²) >= 11 is 4.98. The van der Waals surface area contributed by atoms with Crippen LogP contribution in [0.25, 0.3) is 22.2 Å². The van der Waals surface area contributed by atoms with Gasteiger partial charge in [-0.05, 0) is 55.3 Å². The van der Waals surface area contributed by atoms with Crippen LogP contribution in [0.3, 0.4) is 0 Å². The second-order valence-electron chi connectivity index (χ2n) is 8.65. The van der Waals surface area contributed by atoms with Gasteiger partial charge in [-0.2, -0.15) is 5.10 Å². The van der Waals surface area contributed by atoms with Crippen LogP contribution in [0, 0.1) is 0 Å². The molecule has 36 heavy (non-hydrogen) atoms. The van der Waals surface area contributed by atoms with Crippen molar-refractivity contribution in [3.8, 4) is 22.8 Å². The predicted molar refractivity (Wildman–Crippen MR) is 146 cm³/mol. The summed E-state index contributed by atoms with van der Waals surface area (Å²) in [5.41, 5.74) is 2.32. The van der Waals surface area contributed by atoms with E-state index in [9.17, 15) is 4.79 Å². The number of halogens is 1. The molecule has 4 aromatic rings. The Balaban J connectivity index is 1.61. The fourth-order valence-electron chi connectivity index (χ4n) is 4.64. The highest BCUT2D eigenvalue weighted by molar-refractivity contribution is 9.10. The van der Waals surface area contributed by atoms with E-state index < -0.39 is 0 Å². The van der Waals surface area contributed by atoms with E-state index in [0.29, 0.717) is 22.6 Å². The van der Waals surface area contributed by atoms with Crippen molar-refractivity contribution < 1.29 is 13.9 Å². The number of rotatable bonds is 6. The number of thiazole rings is 1. The Morgan fingerprint density at radius 1 is 1.08 bits per heavy atom. The monoisotopic (exact) mass is 567 g/mol. The summed E-state index contributed by atoms with van der Waals surface area (Å²) in [6.07, 6.45) is 7.26. The lowest BCUT2D eigenvalue weighted by molar-refractivity contribution is 0.350. The van der Waals surface area contributed by atoms with Gasteiger partial charge in [-0.3, -0.25) is 0 Å². The van der Waals surface area contributed by atoms with Crippen molar-refractivity contribution in [2.75, 3.05) is 14.2 Å². The van der Waals surface area contributed by atoms with Crippen LogP contribution in [0.2, 0.25) is 0 Å². The number of nitrogens with zero attached hydrogens (tertiary/aromatic N) is 3. The van der Waals surface area contributed by atoms with Gasteiger partial charge in [0.05, 0.1) is 31.7 Å². The van der Waals surface area contributed by atoms with E-state index in [0.717, 1.165) is 51.6 Å². The van der Waals surface area contributed by atoms with Gasteiger partial charge in [-0.1, -0.05) is 35.2 Å². The van der Waals surface area contributed by atoms with Crippen molar-refractivity contribution in [2.24, 2.45) is 10.2 Å². The molecule has 1 aliphatic rings. The minimum atomic E-state index is -0.358. The molecule has 0 atom stereocenters. The third-order valence-corrected chi connectivity index (χ3v) is 7.75. The Kier molecular flexibility index (Phi) is 7.38. The lowest BCUT2D eigenvalue weighted by Crippen LogP contribution is -2.24. The highest BCUT2D eigenvalue weighted by Gasteiger charge is 2.22. The summed E-state index contributed by atoms with van der Waals surface area (Å²) in [5, 5.41) is 11.8. The average molecular weight is 568 g/mol. The molecule has 5 rings (SSSR count). The van der Waals surface area contributed by atoms with Gasteiger partial charge in [0.2, 0.25) is 4.80 Å². The van der Waals surface area contributed by atoms with Crippen molar-refractivity contribution in [1.82, 2.24) is 4.57 Å². The van der Waals surface area contributed by atoms with Crippen LogP contribution in [-0.4, -0.2) is 25.0 Å². The number of hydrogen-bond donors (Lipinski definition) is 0. The van der Waals surface area contributed by atoms with E-state index in [1.54, 1.807) is 26.5 Å². The minimum absolute atomic E-state index is 0.248. The van der Waals surface area contributed by atoms with Crippen LogP contribution in [0.15, 0.2) is 71.7 Å². The number of methoxy groups -OCH3 is 2. The maximum Gasteiger partial charge on any atom is 0.345 e. The van der Waals surface area contributed by atoms with Crippen LogP contribution < -0.4 is 19.9 Å². The molecule has 2 aromatic heterocycles. The Morgan fingerprint density at radius 2 is 1.92 bits per heavy atom. The van der Waals surface area contributed by atoms with Crippen molar-refractivity contribution in [1.29, 1.82) is 0 Å². The van der Waals surface area contributed by atoms with E-state index in [1.807, 2.05) is 41.8 Å². The largest absolute Gasteiger partial charge is 0.497 e. The standard InChI is InChI=1S/C27H26BrN3O4S/c1-33-21-9-11-24(34-2)18(13-21)15-29-30-27-31(20-6-4-3-5-7-20)23(16-36-27)22-14-17-12-19(28)8-10-25(17)35-26(22)32/h8-16,20H,3-7H2,1-2H3/b29-15+,30-27-. The molecule has 9 heteroatoms. The Hall–Kier alpha value is -3.17. The quantitative estimate of drug-likeness (QED) is 0.150. The molecule has 0 spiro atoms. The van der Waals surface area contributed by atoms with Crippen LogP contribution in [-0.2, 0) is 0 Å². The first-order chi connectivity index (χ1) is 17.6. The fraction of sp³-hybridized carbons (Fsp3) is 0.296. The Morgan fingerprint density at radius 3 is 2.69 bits per heavy atom. The molecular weight excluding hydrogens is 542 g/mol. The molecule has 0 aliphatic heterocycles. The van der Waals surface area contributed by atoms with E-state index >= 15 is 0 Å². The molecule has 2 heterocycles. The van der Waals surface area contributed by atoms with Gasteiger partial charge >= 0.3 is 5.63 Å². The molecule has 2 aromatic carbocycles. The van der Waals surface area contributed by atoms with Gasteiger partial charge in [0.15, 0.2) is 0 Å². The summed E-state index contributed by atoms with van der Waals surface area (Å²) in [5.74, 6) is 1.39. The van der Waals surface area contributed by atoms with Gasteiger partial charge in [0.25, 0.3) is 0 Å². The molecule has 0 saturated heterocycles. The summed E-state index contributed by atoms with van der Waals surface area (Å²) in [7, 11) is 3.24. The molecule has 1 saturated carbocycles. The fourth-order valence-corrected chi connectivity index (χ4v) is 5.93. The first-order valence-electron chi connectivity index (χ1n) is 11.8. The van der Waals surface area contributed by atoms with Crippen LogP contribution in [0.4, 0.5) is 0 Å². The van der Waals surface area contributed by atoms with Gasteiger partial charge in [-0.25, -0.2) is 4.79 Å².